The Bertz CT molecular complexity index is 342. The minimum absolute atomic E-state index is 0.0979. The molecule has 0 aromatic heterocycles. The molecule has 0 aromatic rings. The van der Waals surface area contributed by atoms with Crippen LogP contribution in [0.4, 0.5) is 0 Å². The number of hydrogen-bond acceptors (Lipinski definition) is 3. The van der Waals surface area contributed by atoms with Gasteiger partial charge in [-0.3, -0.25) is 9.59 Å². The Morgan fingerprint density at radius 2 is 1.85 bits per heavy atom. The summed E-state index contributed by atoms with van der Waals surface area (Å²) in [4.78, 5) is 24.7. The first-order valence-corrected chi connectivity index (χ1v) is 7.42. The number of nitrogens with two attached hydrogens (primary N) is 1. The molecule has 1 aliphatic heterocycles. The number of rotatable bonds is 5. The van der Waals surface area contributed by atoms with E-state index < -0.39 is 5.97 Å². The minimum atomic E-state index is -0.748. The van der Waals surface area contributed by atoms with E-state index in [0.29, 0.717) is 19.5 Å². The Labute approximate surface area is 121 Å². The molecule has 0 aromatic carbocycles. The molecular formula is C15H28N2O3. The van der Waals surface area contributed by atoms with Crippen LogP contribution in [0.25, 0.3) is 0 Å². The molecule has 3 N–H and O–H groups in total. The normalized spacial score (nSPS) is 18.9. The zero-order chi connectivity index (χ0) is 15.3. The molecule has 116 valence electrons. The molecule has 20 heavy (non-hydrogen) atoms. The molecule has 1 rings (SSSR count). The van der Waals surface area contributed by atoms with Gasteiger partial charge in [0.25, 0.3) is 0 Å². The number of amides is 1. The average Bonchev–Trinajstić information content (AvgIpc) is 2.26. The molecule has 1 heterocycles. The van der Waals surface area contributed by atoms with Crippen LogP contribution in [0.3, 0.4) is 0 Å². The number of carbonyl (C=O) groups is 2. The highest BCUT2D eigenvalue weighted by molar-refractivity contribution is 5.77. The summed E-state index contributed by atoms with van der Waals surface area (Å²) in [5.41, 5.74) is 6.17. The molecular weight excluding hydrogens is 256 g/mol. The molecule has 1 saturated heterocycles. The van der Waals surface area contributed by atoms with Crippen molar-refractivity contribution >= 4 is 11.9 Å². The van der Waals surface area contributed by atoms with E-state index in [2.05, 4.69) is 20.8 Å². The van der Waals surface area contributed by atoms with Crippen LogP contribution < -0.4 is 5.73 Å². The Hall–Kier alpha value is -1.10. The molecule has 0 bridgehead atoms. The number of nitrogens with zero attached hydrogens (tertiary/aromatic N) is 1. The lowest BCUT2D eigenvalue weighted by Crippen LogP contribution is -2.42. The fourth-order valence-electron chi connectivity index (χ4n) is 2.85. The SMILES string of the molecule is CC(C)(C)CC(N)CC(=O)N1CCC(CC(=O)O)CC1. The number of aliphatic carboxylic acids is 1. The van der Waals surface area contributed by atoms with E-state index in [4.69, 9.17) is 10.8 Å². The number of piperidine rings is 1. The number of carbonyl (C=O) groups excluding carboxylic acids is 1. The quantitative estimate of drug-likeness (QED) is 0.807. The van der Waals surface area contributed by atoms with Crippen molar-refractivity contribution in [1.29, 1.82) is 0 Å². The smallest absolute Gasteiger partial charge is 0.303 e. The number of hydrogen-bond donors (Lipinski definition) is 2. The van der Waals surface area contributed by atoms with Gasteiger partial charge >= 0.3 is 5.97 Å². The first-order chi connectivity index (χ1) is 9.17. The summed E-state index contributed by atoms with van der Waals surface area (Å²) in [7, 11) is 0. The summed E-state index contributed by atoms with van der Waals surface area (Å²) in [5, 5.41) is 8.77. The van der Waals surface area contributed by atoms with Crippen molar-refractivity contribution in [2.45, 2.75) is 58.9 Å². The van der Waals surface area contributed by atoms with Gasteiger partial charge in [-0.15, -0.1) is 0 Å². The van der Waals surface area contributed by atoms with E-state index in [9.17, 15) is 9.59 Å². The molecule has 1 fully saturated rings. The fraction of sp³-hybridized carbons (Fsp3) is 0.867. The van der Waals surface area contributed by atoms with E-state index in [1.165, 1.54) is 0 Å². The standard InChI is InChI=1S/C15H28N2O3/c1-15(2,3)10-12(16)9-13(18)17-6-4-11(5-7-17)8-14(19)20/h11-12H,4-10,16H2,1-3H3,(H,19,20). The van der Waals surface area contributed by atoms with E-state index in [1.54, 1.807) is 0 Å². The monoisotopic (exact) mass is 284 g/mol. The molecule has 1 unspecified atom stereocenters. The third-order valence-electron chi connectivity index (χ3n) is 3.74. The van der Waals surface area contributed by atoms with Gasteiger partial charge in [0.1, 0.15) is 0 Å². The highest BCUT2D eigenvalue weighted by Gasteiger charge is 2.26. The average molecular weight is 284 g/mol. The molecule has 1 atom stereocenters. The second-order valence-electron chi connectivity index (χ2n) is 7.15. The number of carboxylic acids is 1. The fourth-order valence-corrected chi connectivity index (χ4v) is 2.85. The van der Waals surface area contributed by atoms with Gasteiger partial charge in [0.15, 0.2) is 0 Å². The largest absolute Gasteiger partial charge is 0.481 e. The van der Waals surface area contributed by atoms with Crippen LogP contribution in [0, 0.1) is 11.3 Å². The van der Waals surface area contributed by atoms with Crippen molar-refractivity contribution in [2.75, 3.05) is 13.1 Å². The highest BCUT2D eigenvalue weighted by Crippen LogP contribution is 2.23. The lowest BCUT2D eigenvalue weighted by molar-refractivity contribution is -0.138. The van der Waals surface area contributed by atoms with E-state index in [0.717, 1.165) is 19.3 Å². The number of likely N-dealkylation sites (tertiary alicyclic amines) is 1. The van der Waals surface area contributed by atoms with Gasteiger partial charge in [0, 0.05) is 32.0 Å². The van der Waals surface area contributed by atoms with Crippen molar-refractivity contribution in [1.82, 2.24) is 4.90 Å². The summed E-state index contributed by atoms with van der Waals surface area (Å²) in [6, 6.07) is -0.0979. The van der Waals surface area contributed by atoms with Crippen LogP contribution in [0.2, 0.25) is 0 Å². The molecule has 0 spiro atoms. The second kappa shape index (κ2) is 7.07. The lowest BCUT2D eigenvalue weighted by atomic mass is 9.87. The van der Waals surface area contributed by atoms with E-state index >= 15 is 0 Å². The van der Waals surface area contributed by atoms with Gasteiger partial charge in [-0.05, 0) is 30.6 Å². The van der Waals surface area contributed by atoms with Crippen LogP contribution in [-0.4, -0.2) is 41.0 Å². The zero-order valence-corrected chi connectivity index (χ0v) is 12.9. The van der Waals surface area contributed by atoms with Crippen LogP contribution in [0.5, 0.6) is 0 Å². The third kappa shape index (κ3) is 6.37. The Kier molecular flexibility index (Phi) is 5.99. The summed E-state index contributed by atoms with van der Waals surface area (Å²) < 4.78 is 0. The lowest BCUT2D eigenvalue weighted by Gasteiger charge is -2.32. The van der Waals surface area contributed by atoms with Gasteiger partial charge in [-0.2, -0.15) is 0 Å². The molecule has 1 amide bonds. The predicted molar refractivity (Wildman–Crippen MR) is 78.2 cm³/mol. The van der Waals surface area contributed by atoms with E-state index in [-0.39, 0.29) is 29.7 Å². The van der Waals surface area contributed by atoms with Crippen molar-refractivity contribution in [3.05, 3.63) is 0 Å². The second-order valence-corrected chi connectivity index (χ2v) is 7.15. The van der Waals surface area contributed by atoms with Crippen molar-refractivity contribution in [3.63, 3.8) is 0 Å². The maximum atomic E-state index is 12.2. The topological polar surface area (TPSA) is 83.6 Å². The van der Waals surface area contributed by atoms with Crippen LogP contribution in [0.1, 0.15) is 52.9 Å². The first-order valence-electron chi connectivity index (χ1n) is 7.42. The Morgan fingerprint density at radius 1 is 1.30 bits per heavy atom. The van der Waals surface area contributed by atoms with Gasteiger partial charge < -0.3 is 15.7 Å². The van der Waals surface area contributed by atoms with Crippen molar-refractivity contribution < 1.29 is 14.7 Å². The predicted octanol–water partition coefficient (Wildman–Crippen LogP) is 1.85. The molecule has 1 aliphatic rings. The van der Waals surface area contributed by atoms with Gasteiger partial charge in [-0.25, -0.2) is 0 Å². The summed E-state index contributed by atoms with van der Waals surface area (Å²) in [5.74, 6) is -0.433. The van der Waals surface area contributed by atoms with Gasteiger partial charge in [0.05, 0.1) is 0 Å². The first kappa shape index (κ1) is 17.0. The summed E-state index contributed by atoms with van der Waals surface area (Å²) >= 11 is 0. The van der Waals surface area contributed by atoms with Crippen LogP contribution >= 0.6 is 0 Å². The van der Waals surface area contributed by atoms with Gasteiger partial charge in [-0.1, -0.05) is 20.8 Å². The maximum absolute atomic E-state index is 12.2. The molecule has 5 nitrogen and oxygen atoms in total. The molecule has 0 radical (unpaired) electrons. The van der Waals surface area contributed by atoms with Crippen LogP contribution in [-0.2, 0) is 9.59 Å². The summed E-state index contributed by atoms with van der Waals surface area (Å²) in [6.45, 7) is 7.69. The third-order valence-corrected chi connectivity index (χ3v) is 3.74. The summed E-state index contributed by atoms with van der Waals surface area (Å²) in [6.07, 6.45) is 3.00. The van der Waals surface area contributed by atoms with Crippen molar-refractivity contribution in [3.8, 4) is 0 Å². The zero-order valence-electron chi connectivity index (χ0n) is 12.9. The molecule has 0 aliphatic carbocycles. The van der Waals surface area contributed by atoms with E-state index in [1.807, 2.05) is 4.90 Å². The Balaban J connectivity index is 2.34. The van der Waals surface area contributed by atoms with Crippen molar-refractivity contribution in [2.24, 2.45) is 17.1 Å². The molecule has 0 saturated carbocycles. The van der Waals surface area contributed by atoms with Crippen LogP contribution in [0.15, 0.2) is 0 Å². The Morgan fingerprint density at radius 3 is 2.30 bits per heavy atom. The molecule has 5 heteroatoms. The minimum Gasteiger partial charge on any atom is -0.481 e. The number of carboxylic acid groups (broad SMARTS) is 1. The van der Waals surface area contributed by atoms with Gasteiger partial charge in [0.2, 0.25) is 5.91 Å². The maximum Gasteiger partial charge on any atom is 0.303 e. The highest BCUT2D eigenvalue weighted by atomic mass is 16.4.